The Morgan fingerprint density at radius 3 is 2.39 bits per heavy atom. The zero-order valence-corrected chi connectivity index (χ0v) is 10.5. The van der Waals surface area contributed by atoms with Crippen LogP contribution in [-0.4, -0.2) is 58.5 Å². The molecule has 2 aliphatic heterocycles. The monoisotopic (exact) mass is 252 g/mol. The number of β-amino-alcohol motifs (C(OH)–C–C–N with tert-alkyl or cyclic N) is 1. The van der Waals surface area contributed by atoms with Gasteiger partial charge in [-0.05, 0) is 32.1 Å². The number of nitrogens with zero attached hydrogens (tertiary/aromatic N) is 2. The lowest BCUT2D eigenvalue weighted by atomic mass is 10.2. The molecule has 2 atom stereocenters. The third-order valence-electron chi connectivity index (χ3n) is 4.22. The van der Waals surface area contributed by atoms with Crippen LogP contribution >= 0.6 is 0 Å². The summed E-state index contributed by atoms with van der Waals surface area (Å²) >= 11 is 0. The number of rotatable bonds is 2. The molecule has 3 aliphatic rings. The zero-order valence-electron chi connectivity index (χ0n) is 10.5. The van der Waals surface area contributed by atoms with E-state index in [1.54, 1.807) is 9.80 Å². The van der Waals surface area contributed by atoms with Crippen molar-refractivity contribution >= 4 is 11.8 Å². The number of amides is 2. The fourth-order valence-electron chi connectivity index (χ4n) is 3.00. The third kappa shape index (κ3) is 2.11. The van der Waals surface area contributed by atoms with E-state index < -0.39 is 0 Å². The van der Waals surface area contributed by atoms with E-state index >= 15 is 0 Å². The summed E-state index contributed by atoms with van der Waals surface area (Å²) in [4.78, 5) is 28.0. The molecular weight excluding hydrogens is 232 g/mol. The third-order valence-corrected chi connectivity index (χ3v) is 4.22. The predicted octanol–water partition coefficient (Wildman–Crippen LogP) is -0.0194. The lowest BCUT2D eigenvalue weighted by molar-refractivity contribution is -0.144. The van der Waals surface area contributed by atoms with Gasteiger partial charge in [-0.3, -0.25) is 9.59 Å². The van der Waals surface area contributed by atoms with Crippen LogP contribution in [0.2, 0.25) is 0 Å². The molecule has 0 bridgehead atoms. The van der Waals surface area contributed by atoms with Crippen molar-refractivity contribution in [1.82, 2.24) is 9.80 Å². The second-order valence-electron chi connectivity index (χ2n) is 5.69. The summed E-state index contributed by atoms with van der Waals surface area (Å²) in [5.74, 6) is 0.395. The lowest BCUT2D eigenvalue weighted by Gasteiger charge is -2.27. The molecule has 2 heterocycles. The molecular formula is C13H20N2O3. The van der Waals surface area contributed by atoms with Crippen molar-refractivity contribution in [1.29, 1.82) is 0 Å². The van der Waals surface area contributed by atoms with Gasteiger partial charge in [0, 0.05) is 25.6 Å². The van der Waals surface area contributed by atoms with Crippen LogP contribution in [0.1, 0.15) is 32.1 Å². The summed E-state index contributed by atoms with van der Waals surface area (Å²) in [5, 5.41) is 9.49. The number of aliphatic hydroxyl groups is 1. The minimum Gasteiger partial charge on any atom is -0.391 e. The van der Waals surface area contributed by atoms with Crippen molar-refractivity contribution in [3.8, 4) is 0 Å². The van der Waals surface area contributed by atoms with E-state index in [0.717, 1.165) is 32.2 Å². The molecule has 0 aromatic rings. The van der Waals surface area contributed by atoms with E-state index in [0.29, 0.717) is 19.5 Å². The first-order chi connectivity index (χ1) is 8.66. The van der Waals surface area contributed by atoms with Crippen molar-refractivity contribution in [3.05, 3.63) is 0 Å². The second kappa shape index (κ2) is 4.53. The molecule has 5 nitrogen and oxygen atoms in total. The van der Waals surface area contributed by atoms with Gasteiger partial charge in [0.15, 0.2) is 0 Å². The first-order valence-electron chi connectivity index (χ1n) is 6.94. The number of likely N-dealkylation sites (tertiary alicyclic amines) is 2. The highest BCUT2D eigenvalue weighted by Crippen LogP contribution is 2.34. The molecule has 18 heavy (non-hydrogen) atoms. The number of carbonyl (C=O) groups is 2. The van der Waals surface area contributed by atoms with E-state index in [4.69, 9.17) is 0 Å². The second-order valence-corrected chi connectivity index (χ2v) is 5.69. The SMILES string of the molecule is O=C(C1CCCN1C(=O)C1CC1)N1CCC(O)C1. The van der Waals surface area contributed by atoms with Crippen LogP contribution in [0.25, 0.3) is 0 Å². The first-order valence-corrected chi connectivity index (χ1v) is 6.94. The van der Waals surface area contributed by atoms with Gasteiger partial charge in [-0.15, -0.1) is 0 Å². The Kier molecular flexibility index (Phi) is 3.01. The van der Waals surface area contributed by atoms with E-state index in [-0.39, 0.29) is 29.9 Å². The minimum absolute atomic E-state index is 0.0399. The molecule has 100 valence electrons. The molecule has 3 fully saturated rings. The Morgan fingerprint density at radius 2 is 1.78 bits per heavy atom. The van der Waals surface area contributed by atoms with Crippen LogP contribution in [-0.2, 0) is 9.59 Å². The van der Waals surface area contributed by atoms with E-state index in [1.165, 1.54) is 0 Å². The van der Waals surface area contributed by atoms with Crippen LogP contribution in [0, 0.1) is 5.92 Å². The Bertz CT molecular complexity index is 367. The average Bonchev–Trinajstić information content (AvgIpc) is 2.93. The molecule has 0 spiro atoms. The molecule has 2 amide bonds. The van der Waals surface area contributed by atoms with Crippen molar-refractivity contribution in [2.24, 2.45) is 5.92 Å². The molecule has 1 N–H and O–H groups in total. The van der Waals surface area contributed by atoms with Gasteiger partial charge in [-0.2, -0.15) is 0 Å². The Morgan fingerprint density at radius 1 is 1.00 bits per heavy atom. The van der Waals surface area contributed by atoms with Gasteiger partial charge in [-0.25, -0.2) is 0 Å². The molecule has 1 saturated carbocycles. The van der Waals surface area contributed by atoms with Crippen molar-refractivity contribution in [2.45, 2.75) is 44.2 Å². The Balaban J connectivity index is 1.66. The maximum absolute atomic E-state index is 12.4. The van der Waals surface area contributed by atoms with Gasteiger partial charge in [0.1, 0.15) is 6.04 Å². The quantitative estimate of drug-likeness (QED) is 0.751. The number of carbonyl (C=O) groups excluding carboxylic acids is 2. The largest absolute Gasteiger partial charge is 0.391 e. The van der Waals surface area contributed by atoms with Gasteiger partial charge < -0.3 is 14.9 Å². The number of hydrogen-bond acceptors (Lipinski definition) is 3. The summed E-state index contributed by atoms with van der Waals surface area (Å²) in [6, 6.07) is -0.261. The predicted molar refractivity (Wildman–Crippen MR) is 64.7 cm³/mol. The highest BCUT2D eigenvalue weighted by Gasteiger charge is 2.42. The Labute approximate surface area is 107 Å². The average molecular weight is 252 g/mol. The maximum atomic E-state index is 12.4. The van der Waals surface area contributed by atoms with Crippen LogP contribution < -0.4 is 0 Å². The lowest BCUT2D eigenvalue weighted by Crippen LogP contribution is -2.47. The van der Waals surface area contributed by atoms with Crippen molar-refractivity contribution < 1.29 is 14.7 Å². The van der Waals surface area contributed by atoms with Crippen LogP contribution in [0.3, 0.4) is 0 Å². The Hall–Kier alpha value is -1.10. The topological polar surface area (TPSA) is 60.9 Å². The van der Waals surface area contributed by atoms with Gasteiger partial charge >= 0.3 is 0 Å². The van der Waals surface area contributed by atoms with Gasteiger partial charge in [0.05, 0.1) is 6.10 Å². The van der Waals surface area contributed by atoms with E-state index in [1.807, 2.05) is 0 Å². The summed E-state index contributed by atoms with van der Waals surface area (Å²) < 4.78 is 0. The normalized spacial score (nSPS) is 32.1. The standard InChI is InChI=1S/C13H20N2O3/c16-10-5-7-14(8-10)13(18)11-2-1-6-15(11)12(17)9-3-4-9/h9-11,16H,1-8H2. The summed E-state index contributed by atoms with van der Waals surface area (Å²) in [6.45, 7) is 1.78. The van der Waals surface area contributed by atoms with Crippen molar-refractivity contribution in [2.75, 3.05) is 19.6 Å². The number of aliphatic hydroxyl groups excluding tert-OH is 1. The molecule has 0 aromatic heterocycles. The number of hydrogen-bond donors (Lipinski definition) is 1. The minimum atomic E-state index is -0.386. The molecule has 0 radical (unpaired) electrons. The first kappa shape index (κ1) is 12.0. The summed E-state index contributed by atoms with van der Waals surface area (Å²) in [6.07, 6.45) is 3.95. The fourth-order valence-corrected chi connectivity index (χ4v) is 3.00. The van der Waals surface area contributed by atoms with Gasteiger partial charge in [0.25, 0.3) is 0 Å². The van der Waals surface area contributed by atoms with E-state index in [9.17, 15) is 14.7 Å². The van der Waals surface area contributed by atoms with Crippen molar-refractivity contribution in [3.63, 3.8) is 0 Å². The van der Waals surface area contributed by atoms with Crippen LogP contribution in [0.4, 0.5) is 0 Å². The maximum Gasteiger partial charge on any atom is 0.245 e. The molecule has 5 heteroatoms. The molecule has 1 aliphatic carbocycles. The van der Waals surface area contributed by atoms with E-state index in [2.05, 4.69) is 0 Å². The molecule has 2 saturated heterocycles. The fraction of sp³-hybridized carbons (Fsp3) is 0.846. The highest BCUT2D eigenvalue weighted by atomic mass is 16.3. The molecule has 2 unspecified atom stereocenters. The van der Waals surface area contributed by atoms with Gasteiger partial charge in [0.2, 0.25) is 11.8 Å². The summed E-state index contributed by atoms with van der Waals surface area (Å²) in [5.41, 5.74) is 0. The van der Waals surface area contributed by atoms with Crippen LogP contribution in [0.5, 0.6) is 0 Å². The van der Waals surface area contributed by atoms with Gasteiger partial charge in [-0.1, -0.05) is 0 Å². The molecule has 0 aromatic carbocycles. The highest BCUT2D eigenvalue weighted by molar-refractivity contribution is 5.90. The van der Waals surface area contributed by atoms with Crippen LogP contribution in [0.15, 0.2) is 0 Å². The zero-order chi connectivity index (χ0) is 12.7. The molecule has 3 rings (SSSR count). The smallest absolute Gasteiger partial charge is 0.245 e. The summed E-state index contributed by atoms with van der Waals surface area (Å²) in [7, 11) is 0.